The number of nitrogens with zero attached hydrogens (tertiary/aromatic N) is 1. The van der Waals surface area contributed by atoms with E-state index in [4.69, 9.17) is 14.5 Å². The lowest BCUT2D eigenvalue weighted by molar-refractivity contribution is 0.307. The van der Waals surface area contributed by atoms with E-state index in [0.29, 0.717) is 0 Å². The number of thiazole rings is 1. The van der Waals surface area contributed by atoms with E-state index in [-0.39, 0.29) is 0 Å². The molecular formula is C17H17NO2S. The molecule has 0 N–H and O–H groups in total. The van der Waals surface area contributed by atoms with E-state index in [2.05, 4.69) is 19.1 Å². The average molecular weight is 299 g/mol. The molecule has 3 nitrogen and oxygen atoms in total. The Hall–Kier alpha value is -2.07. The highest BCUT2D eigenvalue weighted by atomic mass is 32.1. The largest absolute Gasteiger partial charge is 0.497 e. The quantitative estimate of drug-likeness (QED) is 0.837. The minimum absolute atomic E-state index is 0.860. The highest BCUT2D eigenvalue weighted by Gasteiger charge is 2.12. The molecule has 0 saturated heterocycles. The fourth-order valence-corrected chi connectivity index (χ4v) is 3.43. The van der Waals surface area contributed by atoms with Gasteiger partial charge in [-0.3, -0.25) is 0 Å². The first kappa shape index (κ1) is 13.9. The van der Waals surface area contributed by atoms with Crippen LogP contribution >= 0.6 is 11.3 Å². The summed E-state index contributed by atoms with van der Waals surface area (Å²) >= 11 is 1.70. The van der Waals surface area contributed by atoms with Crippen molar-refractivity contribution in [1.29, 1.82) is 0 Å². The Morgan fingerprint density at radius 3 is 2.76 bits per heavy atom. The van der Waals surface area contributed by atoms with Crippen LogP contribution in [-0.2, 0) is 4.74 Å². The van der Waals surface area contributed by atoms with Gasteiger partial charge in [-0.2, -0.15) is 0 Å². The van der Waals surface area contributed by atoms with Crippen LogP contribution in [0.4, 0.5) is 0 Å². The molecule has 1 aliphatic carbocycles. The molecule has 0 amide bonds. The van der Waals surface area contributed by atoms with Crippen molar-refractivity contribution < 1.29 is 9.47 Å². The second kappa shape index (κ2) is 5.74. The summed E-state index contributed by atoms with van der Waals surface area (Å²) in [4.78, 5) is 4.79. The number of benzene rings is 1. The monoisotopic (exact) mass is 299 g/mol. The number of fused-ring (bicyclic) bond motifs is 1. The molecule has 1 aliphatic rings. The zero-order valence-corrected chi connectivity index (χ0v) is 13.2. The van der Waals surface area contributed by atoms with Crippen LogP contribution in [0.3, 0.4) is 0 Å². The maximum absolute atomic E-state index is 5.33. The number of aromatic nitrogens is 1. The SMILES string of the molecule is COC1=CC=C(c2nc3c(C)cc(OC)cc3s2)CC=C1. The number of hydrogen-bond acceptors (Lipinski definition) is 4. The van der Waals surface area contributed by atoms with E-state index in [9.17, 15) is 0 Å². The molecule has 0 bridgehead atoms. The van der Waals surface area contributed by atoms with Crippen LogP contribution in [0.1, 0.15) is 17.0 Å². The van der Waals surface area contributed by atoms with Crippen molar-refractivity contribution in [3.8, 4) is 5.75 Å². The third kappa shape index (κ3) is 2.72. The van der Waals surface area contributed by atoms with Gasteiger partial charge in [-0.1, -0.05) is 12.2 Å². The van der Waals surface area contributed by atoms with Crippen molar-refractivity contribution in [2.24, 2.45) is 0 Å². The van der Waals surface area contributed by atoms with Crippen molar-refractivity contribution in [1.82, 2.24) is 4.98 Å². The molecule has 0 radical (unpaired) electrons. The molecular weight excluding hydrogens is 282 g/mol. The molecule has 2 aromatic rings. The summed E-state index contributed by atoms with van der Waals surface area (Å²) < 4.78 is 11.8. The maximum atomic E-state index is 5.33. The molecule has 108 valence electrons. The van der Waals surface area contributed by atoms with Gasteiger partial charge in [0.15, 0.2) is 0 Å². The average Bonchev–Trinajstić information content (AvgIpc) is 2.78. The van der Waals surface area contributed by atoms with Gasteiger partial charge in [0.2, 0.25) is 0 Å². The van der Waals surface area contributed by atoms with Crippen LogP contribution in [0.5, 0.6) is 5.75 Å². The summed E-state index contributed by atoms with van der Waals surface area (Å²) in [5.74, 6) is 1.75. The zero-order chi connectivity index (χ0) is 14.8. The maximum Gasteiger partial charge on any atom is 0.120 e. The molecule has 0 spiro atoms. The molecule has 0 atom stereocenters. The Bertz CT molecular complexity index is 768. The van der Waals surface area contributed by atoms with Crippen molar-refractivity contribution >= 4 is 27.1 Å². The normalized spacial score (nSPS) is 14.6. The first-order chi connectivity index (χ1) is 10.2. The molecule has 0 fully saturated rings. The summed E-state index contributed by atoms with van der Waals surface area (Å²) in [5.41, 5.74) is 3.41. The number of aryl methyl sites for hydroxylation is 1. The van der Waals surface area contributed by atoms with E-state index in [1.807, 2.05) is 24.3 Å². The van der Waals surface area contributed by atoms with Gasteiger partial charge in [0.05, 0.1) is 24.4 Å². The minimum atomic E-state index is 0.860. The van der Waals surface area contributed by atoms with Crippen LogP contribution in [0.25, 0.3) is 15.8 Å². The summed E-state index contributed by atoms with van der Waals surface area (Å²) in [5, 5.41) is 1.06. The molecule has 21 heavy (non-hydrogen) atoms. The third-order valence-corrected chi connectivity index (χ3v) is 4.55. The van der Waals surface area contributed by atoms with Crippen LogP contribution in [-0.4, -0.2) is 19.2 Å². The van der Waals surface area contributed by atoms with Crippen LogP contribution in [0.15, 0.2) is 42.2 Å². The summed E-state index contributed by atoms with van der Waals surface area (Å²) in [6.45, 7) is 2.07. The third-order valence-electron chi connectivity index (χ3n) is 3.47. The van der Waals surface area contributed by atoms with E-state index in [1.165, 1.54) is 5.57 Å². The highest BCUT2D eigenvalue weighted by Crippen LogP contribution is 2.34. The first-order valence-corrected chi connectivity index (χ1v) is 7.60. The lowest BCUT2D eigenvalue weighted by atomic mass is 10.2. The Morgan fingerprint density at radius 1 is 1.14 bits per heavy atom. The minimum Gasteiger partial charge on any atom is -0.497 e. The topological polar surface area (TPSA) is 31.4 Å². The number of allylic oxidation sites excluding steroid dienone is 5. The van der Waals surface area contributed by atoms with Crippen LogP contribution < -0.4 is 4.74 Å². The van der Waals surface area contributed by atoms with Gasteiger partial charge in [0, 0.05) is 0 Å². The smallest absolute Gasteiger partial charge is 0.120 e. The predicted molar refractivity (Wildman–Crippen MR) is 87.7 cm³/mol. The fourth-order valence-electron chi connectivity index (χ4n) is 2.32. The summed E-state index contributed by atoms with van der Waals surface area (Å²) in [6, 6.07) is 4.07. The van der Waals surface area contributed by atoms with Crippen molar-refractivity contribution in [3.05, 3.63) is 52.8 Å². The molecule has 3 rings (SSSR count). The van der Waals surface area contributed by atoms with E-state index < -0.39 is 0 Å². The number of hydrogen-bond donors (Lipinski definition) is 0. The highest BCUT2D eigenvalue weighted by molar-refractivity contribution is 7.19. The van der Waals surface area contributed by atoms with Crippen molar-refractivity contribution in [2.45, 2.75) is 13.3 Å². The Morgan fingerprint density at radius 2 is 2.00 bits per heavy atom. The van der Waals surface area contributed by atoms with Gasteiger partial charge in [-0.05, 0) is 48.8 Å². The van der Waals surface area contributed by atoms with E-state index >= 15 is 0 Å². The molecule has 4 heteroatoms. The van der Waals surface area contributed by atoms with Gasteiger partial charge in [-0.15, -0.1) is 11.3 Å². The lowest BCUT2D eigenvalue weighted by Crippen LogP contribution is -1.85. The molecule has 0 unspecified atom stereocenters. The Balaban J connectivity index is 2.06. The first-order valence-electron chi connectivity index (χ1n) is 6.78. The standard InChI is InChI=1S/C17H17NO2S/c1-11-9-14(20-3)10-15-16(11)18-17(21-15)12-5-4-6-13(19-2)8-7-12/h4,6-10H,5H2,1-3H3. The van der Waals surface area contributed by atoms with Crippen LogP contribution in [0.2, 0.25) is 0 Å². The predicted octanol–water partition coefficient (Wildman–Crippen LogP) is 4.49. The molecule has 1 heterocycles. The van der Waals surface area contributed by atoms with Gasteiger partial charge >= 0.3 is 0 Å². The molecule has 0 aliphatic heterocycles. The lowest BCUT2D eigenvalue weighted by Gasteiger charge is -2.00. The molecule has 1 aromatic carbocycles. The second-order valence-corrected chi connectivity index (χ2v) is 5.91. The number of methoxy groups -OCH3 is 2. The second-order valence-electron chi connectivity index (χ2n) is 4.88. The zero-order valence-electron chi connectivity index (χ0n) is 12.3. The van der Waals surface area contributed by atoms with Crippen LogP contribution in [0, 0.1) is 6.92 Å². The fraction of sp³-hybridized carbons (Fsp3) is 0.235. The number of ether oxygens (including phenoxy) is 2. The van der Waals surface area contributed by atoms with Gasteiger partial charge in [-0.25, -0.2) is 4.98 Å². The van der Waals surface area contributed by atoms with E-state index in [1.54, 1.807) is 25.6 Å². The van der Waals surface area contributed by atoms with Crippen molar-refractivity contribution in [3.63, 3.8) is 0 Å². The Kier molecular flexibility index (Phi) is 3.80. The molecule has 0 saturated carbocycles. The van der Waals surface area contributed by atoms with E-state index in [0.717, 1.165) is 38.7 Å². The molecule has 1 aromatic heterocycles. The van der Waals surface area contributed by atoms with Crippen molar-refractivity contribution in [2.75, 3.05) is 14.2 Å². The summed E-state index contributed by atoms with van der Waals surface area (Å²) in [6.07, 6.45) is 9.03. The summed E-state index contributed by atoms with van der Waals surface area (Å²) in [7, 11) is 3.38. The van der Waals surface area contributed by atoms with Gasteiger partial charge in [0.1, 0.15) is 16.5 Å². The van der Waals surface area contributed by atoms with Gasteiger partial charge < -0.3 is 9.47 Å². The van der Waals surface area contributed by atoms with Gasteiger partial charge in [0.25, 0.3) is 0 Å². The Labute approximate surface area is 128 Å². The number of rotatable bonds is 3.